The predicted molar refractivity (Wildman–Crippen MR) is 113 cm³/mol. The van der Waals surface area contributed by atoms with Crippen LogP contribution in [0.4, 0.5) is 5.13 Å². The van der Waals surface area contributed by atoms with Gasteiger partial charge in [-0.15, -0.1) is 11.3 Å². The number of amides is 1. The molecule has 1 atom stereocenters. The van der Waals surface area contributed by atoms with Crippen molar-refractivity contribution in [1.29, 1.82) is 0 Å². The van der Waals surface area contributed by atoms with E-state index in [1.54, 1.807) is 6.20 Å². The Hall–Kier alpha value is -1.48. The van der Waals surface area contributed by atoms with Crippen LogP contribution in [-0.4, -0.2) is 42.5 Å². The summed E-state index contributed by atoms with van der Waals surface area (Å²) in [5, 5.41) is 4.10. The zero-order valence-corrected chi connectivity index (χ0v) is 18.1. The molecule has 9 heteroatoms. The van der Waals surface area contributed by atoms with Crippen molar-refractivity contribution in [3.05, 3.63) is 45.9 Å². The molecule has 2 heterocycles. The second-order valence-electron chi connectivity index (χ2n) is 6.94. The Balaban J connectivity index is 1.58. The topological polar surface area (TPSA) is 79.4 Å². The SMILES string of the molecule is CCCS(=O)(=O)N1CCC[C@@H](C(=O)Nc2ncc(Cc3ccc(Cl)cc3)s2)C1. The van der Waals surface area contributed by atoms with Gasteiger partial charge >= 0.3 is 0 Å². The van der Waals surface area contributed by atoms with Crippen LogP contribution in [0.2, 0.25) is 5.02 Å². The van der Waals surface area contributed by atoms with Gasteiger partial charge < -0.3 is 5.32 Å². The number of nitrogens with zero attached hydrogens (tertiary/aromatic N) is 2. The number of thiazole rings is 1. The van der Waals surface area contributed by atoms with Crippen molar-refractivity contribution in [2.24, 2.45) is 5.92 Å². The Morgan fingerprint density at radius 3 is 2.82 bits per heavy atom. The van der Waals surface area contributed by atoms with E-state index in [1.807, 2.05) is 31.2 Å². The second kappa shape index (κ2) is 9.35. The number of anilines is 1. The molecule has 0 bridgehead atoms. The number of benzene rings is 1. The molecule has 2 aromatic rings. The molecule has 0 radical (unpaired) electrons. The molecule has 1 fully saturated rings. The van der Waals surface area contributed by atoms with Crippen molar-refractivity contribution >= 4 is 44.0 Å². The number of piperidine rings is 1. The lowest BCUT2D eigenvalue weighted by molar-refractivity contribution is -0.120. The number of halogens is 1. The molecule has 1 amide bonds. The maximum Gasteiger partial charge on any atom is 0.230 e. The average molecular weight is 442 g/mol. The first-order chi connectivity index (χ1) is 13.4. The maximum absolute atomic E-state index is 12.6. The summed E-state index contributed by atoms with van der Waals surface area (Å²) in [6.45, 7) is 2.58. The number of carbonyl (C=O) groups is 1. The lowest BCUT2D eigenvalue weighted by atomic mass is 9.99. The van der Waals surface area contributed by atoms with Crippen LogP contribution in [-0.2, 0) is 21.2 Å². The van der Waals surface area contributed by atoms with E-state index in [9.17, 15) is 13.2 Å². The normalized spacial score (nSPS) is 18.1. The minimum absolute atomic E-state index is 0.127. The smallest absolute Gasteiger partial charge is 0.230 e. The number of hydrogen-bond acceptors (Lipinski definition) is 5. The van der Waals surface area contributed by atoms with Gasteiger partial charge in [0.15, 0.2) is 5.13 Å². The quantitative estimate of drug-likeness (QED) is 0.709. The van der Waals surface area contributed by atoms with Gasteiger partial charge in [-0.1, -0.05) is 30.7 Å². The van der Waals surface area contributed by atoms with Gasteiger partial charge in [0.1, 0.15) is 0 Å². The molecule has 1 N–H and O–H groups in total. The number of carbonyl (C=O) groups excluding carboxylic acids is 1. The van der Waals surface area contributed by atoms with Crippen LogP contribution in [0, 0.1) is 5.92 Å². The summed E-state index contributed by atoms with van der Waals surface area (Å²) in [6, 6.07) is 7.63. The van der Waals surface area contributed by atoms with E-state index in [4.69, 9.17) is 11.6 Å². The number of sulfonamides is 1. The minimum Gasteiger partial charge on any atom is -0.302 e. The number of nitrogens with one attached hydrogen (secondary N) is 1. The Labute approximate surface area is 175 Å². The largest absolute Gasteiger partial charge is 0.302 e. The fourth-order valence-corrected chi connectivity index (χ4v) is 5.82. The fraction of sp³-hybridized carbons (Fsp3) is 0.474. The van der Waals surface area contributed by atoms with Crippen molar-refractivity contribution < 1.29 is 13.2 Å². The van der Waals surface area contributed by atoms with Crippen LogP contribution >= 0.6 is 22.9 Å². The van der Waals surface area contributed by atoms with E-state index in [0.29, 0.717) is 36.0 Å². The second-order valence-corrected chi connectivity index (χ2v) is 10.6. The average Bonchev–Trinajstić information content (AvgIpc) is 3.10. The fourth-order valence-electron chi connectivity index (χ4n) is 3.25. The Kier molecular flexibility index (Phi) is 7.09. The number of rotatable bonds is 7. The van der Waals surface area contributed by atoms with Gasteiger partial charge in [-0.25, -0.2) is 17.7 Å². The highest BCUT2D eigenvalue weighted by Gasteiger charge is 2.32. The Morgan fingerprint density at radius 2 is 2.11 bits per heavy atom. The monoisotopic (exact) mass is 441 g/mol. The van der Waals surface area contributed by atoms with E-state index in [2.05, 4.69) is 10.3 Å². The standard InChI is InChI=1S/C19H24ClN3O3S2/c1-2-10-28(25,26)23-9-3-4-15(13-23)18(24)22-19-21-12-17(27-19)11-14-5-7-16(20)8-6-14/h5-8,12,15H,2-4,9-11,13H2,1H3,(H,21,22,24)/t15-/m1/s1. The highest BCUT2D eigenvalue weighted by atomic mass is 35.5. The zero-order valence-electron chi connectivity index (χ0n) is 15.7. The highest BCUT2D eigenvalue weighted by molar-refractivity contribution is 7.89. The van der Waals surface area contributed by atoms with Crippen LogP contribution < -0.4 is 5.32 Å². The van der Waals surface area contributed by atoms with Crippen LogP contribution in [0.5, 0.6) is 0 Å². The predicted octanol–water partition coefficient (Wildman–Crippen LogP) is 3.78. The van der Waals surface area contributed by atoms with E-state index < -0.39 is 10.0 Å². The molecule has 0 spiro atoms. The van der Waals surface area contributed by atoms with E-state index in [0.717, 1.165) is 16.9 Å². The molecule has 0 saturated carbocycles. The number of hydrogen-bond donors (Lipinski definition) is 1. The summed E-state index contributed by atoms with van der Waals surface area (Å²) >= 11 is 7.34. The van der Waals surface area contributed by atoms with Crippen LogP contribution in [0.15, 0.2) is 30.5 Å². The summed E-state index contributed by atoms with van der Waals surface area (Å²) in [5.74, 6) is -0.380. The van der Waals surface area contributed by atoms with Crippen molar-refractivity contribution in [1.82, 2.24) is 9.29 Å². The van der Waals surface area contributed by atoms with E-state index >= 15 is 0 Å². The summed E-state index contributed by atoms with van der Waals surface area (Å²) in [4.78, 5) is 17.9. The summed E-state index contributed by atoms with van der Waals surface area (Å²) < 4.78 is 26.0. The highest BCUT2D eigenvalue weighted by Crippen LogP contribution is 2.25. The summed E-state index contributed by atoms with van der Waals surface area (Å²) in [5.41, 5.74) is 1.12. The first-order valence-electron chi connectivity index (χ1n) is 9.35. The molecule has 1 aliphatic rings. The Bertz CT molecular complexity index is 913. The maximum atomic E-state index is 12.6. The molecule has 0 unspecified atom stereocenters. The van der Waals surface area contributed by atoms with Gasteiger partial charge in [-0.2, -0.15) is 0 Å². The van der Waals surface area contributed by atoms with Gasteiger partial charge in [0, 0.05) is 35.6 Å². The number of aromatic nitrogens is 1. The summed E-state index contributed by atoms with van der Waals surface area (Å²) in [6.07, 6.45) is 4.43. The molecular weight excluding hydrogens is 418 g/mol. The molecule has 152 valence electrons. The third-order valence-electron chi connectivity index (χ3n) is 4.69. The van der Waals surface area contributed by atoms with Crippen LogP contribution in [0.3, 0.4) is 0 Å². The molecule has 3 rings (SSSR count). The van der Waals surface area contributed by atoms with Crippen molar-refractivity contribution in [3.63, 3.8) is 0 Å². The van der Waals surface area contributed by atoms with Crippen LogP contribution in [0.1, 0.15) is 36.6 Å². The molecule has 0 aliphatic carbocycles. The lowest BCUT2D eigenvalue weighted by Crippen LogP contribution is -2.44. The van der Waals surface area contributed by atoms with Crippen molar-refractivity contribution in [3.8, 4) is 0 Å². The van der Waals surface area contributed by atoms with E-state index in [1.165, 1.54) is 15.6 Å². The van der Waals surface area contributed by atoms with Crippen molar-refractivity contribution in [2.45, 2.75) is 32.6 Å². The molecular formula is C19H24ClN3O3S2. The third-order valence-corrected chi connectivity index (χ3v) is 7.89. The van der Waals surface area contributed by atoms with Gasteiger partial charge in [-0.05, 0) is 37.0 Å². The summed E-state index contributed by atoms with van der Waals surface area (Å²) in [7, 11) is -3.28. The zero-order chi connectivity index (χ0) is 20.1. The third kappa shape index (κ3) is 5.53. The molecule has 6 nitrogen and oxygen atoms in total. The van der Waals surface area contributed by atoms with Crippen LogP contribution in [0.25, 0.3) is 0 Å². The van der Waals surface area contributed by atoms with Gasteiger partial charge in [0.25, 0.3) is 0 Å². The Morgan fingerprint density at radius 1 is 1.36 bits per heavy atom. The van der Waals surface area contributed by atoms with E-state index in [-0.39, 0.29) is 24.1 Å². The molecule has 1 aromatic heterocycles. The van der Waals surface area contributed by atoms with Gasteiger partial charge in [-0.3, -0.25) is 4.79 Å². The minimum atomic E-state index is -3.28. The first kappa shape index (κ1) is 21.2. The van der Waals surface area contributed by atoms with Gasteiger partial charge in [0.2, 0.25) is 15.9 Å². The first-order valence-corrected chi connectivity index (χ1v) is 12.2. The lowest BCUT2D eigenvalue weighted by Gasteiger charge is -2.30. The van der Waals surface area contributed by atoms with Crippen molar-refractivity contribution in [2.75, 3.05) is 24.2 Å². The molecule has 1 aromatic carbocycles. The molecule has 1 saturated heterocycles. The molecule has 28 heavy (non-hydrogen) atoms. The van der Waals surface area contributed by atoms with Gasteiger partial charge in [0.05, 0.1) is 11.7 Å². The molecule has 1 aliphatic heterocycles.